The minimum atomic E-state index is -1.24. The lowest BCUT2D eigenvalue weighted by Crippen LogP contribution is -2.24. The van der Waals surface area contributed by atoms with Gasteiger partial charge in [-0.05, 0) is 12.5 Å². The van der Waals surface area contributed by atoms with Gasteiger partial charge in [0.1, 0.15) is 0 Å². The maximum Gasteiger partial charge on any atom is 0.337 e. The summed E-state index contributed by atoms with van der Waals surface area (Å²) in [5, 5.41) is 8.61. The Bertz CT molecular complexity index is 411. The predicted molar refractivity (Wildman–Crippen MR) is 47.9 cm³/mol. The molecule has 0 fully saturated rings. The van der Waals surface area contributed by atoms with E-state index in [1.807, 2.05) is 6.92 Å². The minimum absolute atomic E-state index is 0.212. The summed E-state index contributed by atoms with van der Waals surface area (Å²) in [6.07, 6.45) is 1.79. The molecular weight excluding hydrogens is 189 g/mol. The highest BCUT2D eigenvalue weighted by Gasteiger charge is 2.10. The summed E-state index contributed by atoms with van der Waals surface area (Å²) in [5.41, 5.74) is -0.993. The van der Waals surface area contributed by atoms with Crippen molar-refractivity contribution < 1.29 is 14.3 Å². The molecule has 0 atom stereocenters. The molecule has 1 rings (SSSR count). The molecule has 4 nitrogen and oxygen atoms in total. The molecule has 1 N–H and O–H groups in total. The van der Waals surface area contributed by atoms with Crippen molar-refractivity contribution >= 4 is 5.97 Å². The Balaban J connectivity index is 3.28. The van der Waals surface area contributed by atoms with E-state index in [4.69, 9.17) is 5.11 Å². The van der Waals surface area contributed by atoms with Crippen molar-refractivity contribution in [2.24, 2.45) is 0 Å². The van der Waals surface area contributed by atoms with E-state index < -0.39 is 17.3 Å². The van der Waals surface area contributed by atoms with Crippen molar-refractivity contribution in [1.82, 2.24) is 4.57 Å². The predicted octanol–water partition coefficient (Wildman–Crippen LogP) is 1.10. The van der Waals surface area contributed by atoms with Crippen molar-refractivity contribution in [2.75, 3.05) is 0 Å². The fraction of sp³-hybridized carbons (Fsp3) is 0.333. The van der Waals surface area contributed by atoms with Crippen LogP contribution >= 0.6 is 0 Å². The summed E-state index contributed by atoms with van der Waals surface area (Å²) in [4.78, 5) is 21.7. The molecule has 5 heteroatoms. The van der Waals surface area contributed by atoms with Crippen molar-refractivity contribution in [3.63, 3.8) is 0 Å². The molecule has 0 aliphatic carbocycles. The van der Waals surface area contributed by atoms with Crippen LogP contribution in [-0.2, 0) is 6.54 Å². The van der Waals surface area contributed by atoms with E-state index in [0.29, 0.717) is 13.0 Å². The van der Waals surface area contributed by atoms with Crippen LogP contribution in [0.15, 0.2) is 17.1 Å². The second kappa shape index (κ2) is 4.04. The standard InChI is InChI=1S/C9H10FNO3/c1-2-3-11-5-6(9(13)14)4-7(10)8(11)12/h4-5H,2-3H2,1H3,(H,13,14). The van der Waals surface area contributed by atoms with Gasteiger partial charge in [-0.25, -0.2) is 9.18 Å². The van der Waals surface area contributed by atoms with Crippen LogP contribution in [0.5, 0.6) is 0 Å². The minimum Gasteiger partial charge on any atom is -0.478 e. The zero-order valence-electron chi connectivity index (χ0n) is 7.66. The first kappa shape index (κ1) is 10.4. The maximum absolute atomic E-state index is 12.9. The highest BCUT2D eigenvalue weighted by atomic mass is 19.1. The third-order valence-electron chi connectivity index (χ3n) is 1.75. The number of carbonyl (C=O) groups is 1. The zero-order valence-corrected chi connectivity index (χ0v) is 7.66. The third kappa shape index (κ3) is 1.99. The molecule has 0 radical (unpaired) electrons. The van der Waals surface area contributed by atoms with Gasteiger partial charge in [0.25, 0.3) is 5.56 Å². The summed E-state index contributed by atoms with van der Waals surface area (Å²) >= 11 is 0. The molecule has 1 heterocycles. The first-order valence-electron chi connectivity index (χ1n) is 4.19. The van der Waals surface area contributed by atoms with Crippen molar-refractivity contribution in [3.8, 4) is 0 Å². The van der Waals surface area contributed by atoms with Gasteiger partial charge in [-0.1, -0.05) is 6.92 Å². The molecule has 0 saturated heterocycles. The van der Waals surface area contributed by atoms with E-state index in [-0.39, 0.29) is 5.56 Å². The second-order valence-corrected chi connectivity index (χ2v) is 2.88. The second-order valence-electron chi connectivity index (χ2n) is 2.88. The summed E-state index contributed by atoms with van der Waals surface area (Å²) in [7, 11) is 0. The average Bonchev–Trinajstić information content (AvgIpc) is 2.12. The van der Waals surface area contributed by atoms with Crippen LogP contribution in [0, 0.1) is 5.82 Å². The zero-order chi connectivity index (χ0) is 10.7. The molecule has 1 aromatic rings. The van der Waals surface area contributed by atoms with E-state index in [1.54, 1.807) is 0 Å². The van der Waals surface area contributed by atoms with Crippen LogP contribution in [-0.4, -0.2) is 15.6 Å². The Hall–Kier alpha value is -1.65. The van der Waals surface area contributed by atoms with E-state index in [9.17, 15) is 14.0 Å². The van der Waals surface area contributed by atoms with Gasteiger partial charge in [-0.15, -0.1) is 0 Å². The Morgan fingerprint density at radius 1 is 1.64 bits per heavy atom. The topological polar surface area (TPSA) is 59.3 Å². The van der Waals surface area contributed by atoms with E-state index in [0.717, 1.165) is 16.8 Å². The van der Waals surface area contributed by atoms with E-state index in [1.165, 1.54) is 0 Å². The van der Waals surface area contributed by atoms with Gasteiger partial charge in [0.2, 0.25) is 0 Å². The number of aromatic nitrogens is 1. The maximum atomic E-state index is 12.9. The largest absolute Gasteiger partial charge is 0.478 e. The number of nitrogens with zero attached hydrogens (tertiary/aromatic N) is 1. The van der Waals surface area contributed by atoms with Crippen molar-refractivity contribution in [3.05, 3.63) is 34.0 Å². The molecule has 0 aliphatic heterocycles. The molecule has 0 saturated carbocycles. The third-order valence-corrected chi connectivity index (χ3v) is 1.75. The molecule has 76 valence electrons. The lowest BCUT2D eigenvalue weighted by molar-refractivity contribution is 0.0695. The summed E-state index contributed by atoms with van der Waals surface area (Å²) in [5.74, 6) is -2.27. The van der Waals surface area contributed by atoms with Crippen LogP contribution < -0.4 is 5.56 Å². The summed E-state index contributed by atoms with van der Waals surface area (Å²) < 4.78 is 14.0. The lowest BCUT2D eigenvalue weighted by atomic mass is 10.2. The Morgan fingerprint density at radius 3 is 2.79 bits per heavy atom. The fourth-order valence-electron chi connectivity index (χ4n) is 1.12. The van der Waals surface area contributed by atoms with Crippen LogP contribution in [0.3, 0.4) is 0 Å². The molecule has 14 heavy (non-hydrogen) atoms. The van der Waals surface area contributed by atoms with Gasteiger partial charge in [0, 0.05) is 12.7 Å². The number of hydrogen-bond donors (Lipinski definition) is 1. The first-order chi connectivity index (χ1) is 6.56. The van der Waals surface area contributed by atoms with E-state index in [2.05, 4.69) is 0 Å². The molecule has 0 bridgehead atoms. The number of carboxylic acids is 1. The van der Waals surface area contributed by atoms with Crippen molar-refractivity contribution in [1.29, 1.82) is 0 Å². The molecule has 0 amide bonds. The van der Waals surface area contributed by atoms with Gasteiger partial charge < -0.3 is 9.67 Å². The molecule has 1 aromatic heterocycles. The number of carboxylic acid groups (broad SMARTS) is 1. The van der Waals surface area contributed by atoms with Crippen LogP contribution in [0.1, 0.15) is 23.7 Å². The average molecular weight is 199 g/mol. The number of pyridine rings is 1. The van der Waals surface area contributed by atoms with Crippen LogP contribution in [0.4, 0.5) is 4.39 Å². The highest BCUT2D eigenvalue weighted by molar-refractivity contribution is 5.87. The molecule has 0 aliphatic rings. The van der Waals surface area contributed by atoms with Crippen LogP contribution in [0.25, 0.3) is 0 Å². The number of aryl methyl sites for hydroxylation is 1. The first-order valence-corrected chi connectivity index (χ1v) is 4.19. The number of halogens is 1. The van der Waals surface area contributed by atoms with Gasteiger partial charge >= 0.3 is 5.97 Å². The number of rotatable bonds is 3. The van der Waals surface area contributed by atoms with Gasteiger partial charge in [-0.3, -0.25) is 4.79 Å². The number of hydrogen-bond acceptors (Lipinski definition) is 2. The van der Waals surface area contributed by atoms with Gasteiger partial charge in [-0.2, -0.15) is 0 Å². The highest BCUT2D eigenvalue weighted by Crippen LogP contribution is 2.00. The Kier molecular flexibility index (Phi) is 3.01. The lowest BCUT2D eigenvalue weighted by Gasteiger charge is -2.04. The molecule has 0 unspecified atom stereocenters. The smallest absolute Gasteiger partial charge is 0.337 e. The number of aromatic carboxylic acids is 1. The Labute approximate surface area is 79.6 Å². The van der Waals surface area contributed by atoms with Gasteiger partial charge in [0.15, 0.2) is 5.82 Å². The quantitative estimate of drug-likeness (QED) is 0.792. The fourth-order valence-corrected chi connectivity index (χ4v) is 1.12. The molecular formula is C9H10FNO3. The van der Waals surface area contributed by atoms with Crippen molar-refractivity contribution in [2.45, 2.75) is 19.9 Å². The molecule has 0 spiro atoms. The Morgan fingerprint density at radius 2 is 2.29 bits per heavy atom. The normalized spacial score (nSPS) is 10.1. The van der Waals surface area contributed by atoms with E-state index >= 15 is 0 Å². The molecule has 0 aromatic carbocycles. The summed E-state index contributed by atoms with van der Waals surface area (Å²) in [6.45, 7) is 2.13. The van der Waals surface area contributed by atoms with Gasteiger partial charge in [0.05, 0.1) is 5.56 Å². The SMILES string of the molecule is CCCn1cc(C(=O)O)cc(F)c1=O. The van der Waals surface area contributed by atoms with Crippen LogP contribution in [0.2, 0.25) is 0 Å². The monoisotopic (exact) mass is 199 g/mol. The summed E-state index contributed by atoms with van der Waals surface area (Å²) in [6, 6.07) is 0.733.